The van der Waals surface area contributed by atoms with Crippen molar-refractivity contribution in [1.29, 1.82) is 0 Å². The Morgan fingerprint density at radius 2 is 1.68 bits per heavy atom. The molecule has 4 heteroatoms. The Bertz CT molecular complexity index is 265. The summed E-state index contributed by atoms with van der Waals surface area (Å²) >= 11 is 0. The van der Waals surface area contributed by atoms with Gasteiger partial charge in [-0.1, -0.05) is 32.1 Å². The summed E-state index contributed by atoms with van der Waals surface area (Å²) in [6.07, 6.45) is 7.89. The Labute approximate surface area is 117 Å². The number of nitrogens with zero attached hydrogens (tertiary/aromatic N) is 1. The normalized spacial score (nSPS) is 18.5. The van der Waals surface area contributed by atoms with Gasteiger partial charge in [0, 0.05) is 12.6 Å². The molecule has 1 N–H and O–H groups in total. The summed E-state index contributed by atoms with van der Waals surface area (Å²) in [5, 5.41) is 9.19. The first-order valence-electron chi connectivity index (χ1n) is 7.54. The first kappa shape index (κ1) is 16.3. The molecule has 0 aromatic carbocycles. The molecule has 112 valence electrons. The molecule has 0 aliphatic heterocycles. The van der Waals surface area contributed by atoms with Crippen LogP contribution in [0.3, 0.4) is 0 Å². The van der Waals surface area contributed by atoms with Gasteiger partial charge in [-0.3, -0.25) is 0 Å². The van der Waals surface area contributed by atoms with E-state index >= 15 is 0 Å². The van der Waals surface area contributed by atoms with Crippen LogP contribution in [-0.4, -0.2) is 40.9 Å². The van der Waals surface area contributed by atoms with Gasteiger partial charge in [0.25, 0.3) is 0 Å². The van der Waals surface area contributed by atoms with E-state index in [1.54, 1.807) is 4.90 Å². The van der Waals surface area contributed by atoms with Crippen LogP contribution >= 0.6 is 0 Å². The molecule has 0 heterocycles. The molecule has 0 bridgehead atoms. The molecular weight excluding hydrogens is 242 g/mol. The van der Waals surface area contributed by atoms with Crippen molar-refractivity contribution < 1.29 is 14.6 Å². The standard InChI is InChI=1S/C15H29NO3/c1-15(2,3)19-14(18)16(11-12-17)13-9-7-5-4-6-8-10-13/h13,17H,4-12H2,1-3H3. The van der Waals surface area contributed by atoms with Crippen molar-refractivity contribution in [2.45, 2.75) is 77.4 Å². The molecular formula is C15H29NO3. The molecule has 1 amide bonds. The molecule has 1 saturated carbocycles. The van der Waals surface area contributed by atoms with Crippen molar-refractivity contribution in [3.63, 3.8) is 0 Å². The zero-order chi connectivity index (χ0) is 14.3. The lowest BCUT2D eigenvalue weighted by atomic mass is 9.96. The van der Waals surface area contributed by atoms with E-state index in [9.17, 15) is 9.90 Å². The van der Waals surface area contributed by atoms with Crippen molar-refractivity contribution in [3.05, 3.63) is 0 Å². The lowest BCUT2D eigenvalue weighted by molar-refractivity contribution is 0.00947. The van der Waals surface area contributed by atoms with Crippen LogP contribution in [0.4, 0.5) is 4.79 Å². The van der Waals surface area contributed by atoms with Crippen LogP contribution in [0.1, 0.15) is 65.7 Å². The molecule has 1 fully saturated rings. The molecule has 4 nitrogen and oxygen atoms in total. The third-order valence-corrected chi connectivity index (χ3v) is 3.48. The van der Waals surface area contributed by atoms with Gasteiger partial charge in [-0.2, -0.15) is 0 Å². The van der Waals surface area contributed by atoms with Crippen LogP contribution in [0.25, 0.3) is 0 Å². The summed E-state index contributed by atoms with van der Waals surface area (Å²) in [7, 11) is 0. The third-order valence-electron chi connectivity index (χ3n) is 3.48. The highest BCUT2D eigenvalue weighted by Gasteiger charge is 2.27. The van der Waals surface area contributed by atoms with E-state index in [2.05, 4.69) is 0 Å². The van der Waals surface area contributed by atoms with E-state index in [1.165, 1.54) is 19.3 Å². The Hall–Kier alpha value is -0.770. The van der Waals surface area contributed by atoms with Gasteiger partial charge in [0.2, 0.25) is 0 Å². The summed E-state index contributed by atoms with van der Waals surface area (Å²) in [6, 6.07) is 0.224. The Morgan fingerprint density at radius 1 is 1.16 bits per heavy atom. The van der Waals surface area contributed by atoms with E-state index in [0.717, 1.165) is 25.7 Å². The monoisotopic (exact) mass is 271 g/mol. The molecule has 0 saturated heterocycles. The number of carbonyl (C=O) groups excluding carboxylic acids is 1. The quantitative estimate of drug-likeness (QED) is 0.856. The second kappa shape index (κ2) is 7.73. The summed E-state index contributed by atoms with van der Waals surface area (Å²) in [5.41, 5.74) is -0.480. The summed E-state index contributed by atoms with van der Waals surface area (Å²) in [5.74, 6) is 0. The van der Waals surface area contributed by atoms with Crippen molar-refractivity contribution >= 4 is 6.09 Å². The first-order chi connectivity index (χ1) is 8.94. The van der Waals surface area contributed by atoms with E-state index < -0.39 is 5.60 Å². The molecule has 0 unspecified atom stereocenters. The Kier molecular flexibility index (Phi) is 6.63. The number of rotatable bonds is 3. The number of hydrogen-bond donors (Lipinski definition) is 1. The van der Waals surface area contributed by atoms with Crippen LogP contribution in [0.5, 0.6) is 0 Å². The number of ether oxygens (including phenoxy) is 1. The van der Waals surface area contributed by atoms with E-state index in [0.29, 0.717) is 6.54 Å². The first-order valence-corrected chi connectivity index (χ1v) is 7.54. The lowest BCUT2D eigenvalue weighted by Crippen LogP contribution is -2.45. The average molecular weight is 271 g/mol. The van der Waals surface area contributed by atoms with Gasteiger partial charge in [0.05, 0.1) is 6.61 Å². The fraction of sp³-hybridized carbons (Fsp3) is 0.933. The van der Waals surface area contributed by atoms with E-state index in [4.69, 9.17) is 4.74 Å². The maximum absolute atomic E-state index is 12.2. The van der Waals surface area contributed by atoms with Crippen LogP contribution in [0, 0.1) is 0 Å². The maximum Gasteiger partial charge on any atom is 0.410 e. The van der Waals surface area contributed by atoms with Crippen LogP contribution in [0.2, 0.25) is 0 Å². The van der Waals surface area contributed by atoms with Gasteiger partial charge in [-0.15, -0.1) is 0 Å². The molecule has 19 heavy (non-hydrogen) atoms. The summed E-state index contributed by atoms with van der Waals surface area (Å²) in [4.78, 5) is 14.0. The predicted molar refractivity (Wildman–Crippen MR) is 76.1 cm³/mol. The number of aliphatic hydroxyl groups excluding tert-OH is 1. The van der Waals surface area contributed by atoms with E-state index in [-0.39, 0.29) is 18.7 Å². The molecule has 0 radical (unpaired) electrons. The smallest absolute Gasteiger partial charge is 0.410 e. The second-order valence-electron chi connectivity index (χ2n) is 6.40. The average Bonchev–Trinajstić information content (AvgIpc) is 2.24. The largest absolute Gasteiger partial charge is 0.444 e. The molecule has 0 atom stereocenters. The van der Waals surface area contributed by atoms with Crippen molar-refractivity contribution in [2.75, 3.05) is 13.2 Å². The molecule has 1 aliphatic carbocycles. The number of amides is 1. The number of hydrogen-bond acceptors (Lipinski definition) is 3. The van der Waals surface area contributed by atoms with Crippen LogP contribution < -0.4 is 0 Å². The lowest BCUT2D eigenvalue weighted by Gasteiger charge is -2.34. The zero-order valence-corrected chi connectivity index (χ0v) is 12.7. The van der Waals surface area contributed by atoms with Crippen molar-refractivity contribution in [2.24, 2.45) is 0 Å². The molecule has 1 aliphatic rings. The SMILES string of the molecule is CC(C)(C)OC(=O)N(CCO)C1CCCCCCC1. The summed E-state index contributed by atoms with van der Waals surface area (Å²) < 4.78 is 5.45. The molecule has 0 aromatic rings. The van der Waals surface area contributed by atoms with Crippen molar-refractivity contribution in [3.8, 4) is 0 Å². The van der Waals surface area contributed by atoms with Gasteiger partial charge in [-0.05, 0) is 33.6 Å². The highest BCUT2D eigenvalue weighted by atomic mass is 16.6. The van der Waals surface area contributed by atoms with Gasteiger partial charge in [0.15, 0.2) is 0 Å². The minimum absolute atomic E-state index is 0.00422. The Morgan fingerprint density at radius 3 is 2.16 bits per heavy atom. The molecule has 1 rings (SSSR count). The second-order valence-corrected chi connectivity index (χ2v) is 6.40. The van der Waals surface area contributed by atoms with Crippen molar-refractivity contribution in [1.82, 2.24) is 4.90 Å². The van der Waals surface area contributed by atoms with Gasteiger partial charge in [-0.25, -0.2) is 4.79 Å². The highest BCUT2D eigenvalue weighted by Crippen LogP contribution is 2.23. The molecule has 0 spiro atoms. The maximum atomic E-state index is 12.2. The highest BCUT2D eigenvalue weighted by molar-refractivity contribution is 5.68. The number of aliphatic hydroxyl groups is 1. The zero-order valence-electron chi connectivity index (χ0n) is 12.7. The third kappa shape index (κ3) is 6.28. The fourth-order valence-corrected chi connectivity index (χ4v) is 2.60. The Balaban J connectivity index is 2.65. The van der Waals surface area contributed by atoms with Crippen LogP contribution in [0.15, 0.2) is 0 Å². The van der Waals surface area contributed by atoms with Crippen LogP contribution in [-0.2, 0) is 4.74 Å². The topological polar surface area (TPSA) is 49.8 Å². The minimum Gasteiger partial charge on any atom is -0.444 e. The number of carbonyl (C=O) groups is 1. The predicted octanol–water partition coefficient (Wildman–Crippen LogP) is 3.33. The van der Waals surface area contributed by atoms with Gasteiger partial charge in [0.1, 0.15) is 5.60 Å². The minimum atomic E-state index is -0.480. The summed E-state index contributed by atoms with van der Waals surface area (Å²) in [6.45, 7) is 6.00. The fourth-order valence-electron chi connectivity index (χ4n) is 2.60. The molecule has 0 aromatic heterocycles. The van der Waals surface area contributed by atoms with Gasteiger partial charge >= 0.3 is 6.09 Å². The van der Waals surface area contributed by atoms with E-state index in [1.807, 2.05) is 20.8 Å². The van der Waals surface area contributed by atoms with Gasteiger partial charge < -0.3 is 14.7 Å².